The first kappa shape index (κ1) is 23.1. The number of nitrogens with two attached hydrogens (primary N) is 1. The molecule has 3 N–H and O–H groups in total. The fourth-order valence-electron chi connectivity index (χ4n) is 3.36. The van der Waals surface area contributed by atoms with Gasteiger partial charge in [0.15, 0.2) is 11.7 Å². The molecule has 2 amide bonds. The highest BCUT2D eigenvalue weighted by Crippen LogP contribution is 2.34. The number of ether oxygens (including phenoxy) is 2. The van der Waals surface area contributed by atoms with E-state index in [-0.39, 0.29) is 6.54 Å². The number of oxazole rings is 1. The van der Waals surface area contributed by atoms with Crippen molar-refractivity contribution in [2.75, 3.05) is 20.8 Å². The van der Waals surface area contributed by atoms with E-state index >= 15 is 0 Å². The molecular weight excluding hydrogens is 410 g/mol. The summed E-state index contributed by atoms with van der Waals surface area (Å²) in [5.41, 5.74) is 7.65. The Bertz CT molecular complexity index is 934. The Labute approximate surface area is 187 Å². The lowest BCUT2D eigenvalue weighted by Gasteiger charge is -2.10. The highest BCUT2D eigenvalue weighted by Gasteiger charge is 2.17. The van der Waals surface area contributed by atoms with Gasteiger partial charge in [-0.2, -0.15) is 0 Å². The SMILES string of the molecule is COc1ccc(-c2nc(CCCCCCN(O)C(N)=O)oc2-c2ccc(OC)cc2)cc1. The van der Waals surface area contributed by atoms with Crippen LogP contribution in [0.5, 0.6) is 11.5 Å². The monoisotopic (exact) mass is 439 g/mol. The van der Waals surface area contributed by atoms with Crippen LogP contribution in [0, 0.1) is 0 Å². The summed E-state index contributed by atoms with van der Waals surface area (Å²) in [5, 5.41) is 9.83. The van der Waals surface area contributed by atoms with E-state index in [4.69, 9.17) is 24.6 Å². The lowest BCUT2D eigenvalue weighted by Crippen LogP contribution is -2.33. The van der Waals surface area contributed by atoms with Gasteiger partial charge in [-0.25, -0.2) is 14.8 Å². The van der Waals surface area contributed by atoms with E-state index in [0.717, 1.165) is 47.6 Å². The van der Waals surface area contributed by atoms with Crippen LogP contribution in [0.2, 0.25) is 0 Å². The van der Waals surface area contributed by atoms with E-state index in [0.29, 0.717) is 29.6 Å². The fourth-order valence-corrected chi connectivity index (χ4v) is 3.36. The summed E-state index contributed by atoms with van der Waals surface area (Å²) >= 11 is 0. The largest absolute Gasteiger partial charge is 0.497 e. The molecule has 0 saturated heterocycles. The summed E-state index contributed by atoms with van der Waals surface area (Å²) in [4.78, 5) is 15.6. The molecule has 1 heterocycles. The van der Waals surface area contributed by atoms with Gasteiger partial charge >= 0.3 is 6.03 Å². The molecule has 0 unspecified atom stereocenters. The number of benzene rings is 2. The van der Waals surface area contributed by atoms with Crippen molar-refractivity contribution >= 4 is 6.03 Å². The van der Waals surface area contributed by atoms with Crippen molar-refractivity contribution < 1.29 is 23.9 Å². The van der Waals surface area contributed by atoms with Crippen LogP contribution in [0.1, 0.15) is 31.6 Å². The van der Waals surface area contributed by atoms with Gasteiger partial charge in [0, 0.05) is 17.5 Å². The van der Waals surface area contributed by atoms with Crippen molar-refractivity contribution in [2.45, 2.75) is 32.1 Å². The predicted octanol–water partition coefficient (Wildman–Crippen LogP) is 4.90. The number of carbonyl (C=O) groups excluding carboxylic acids is 1. The standard InChI is InChI=1S/C24H29N3O5/c1-30-19-12-8-17(9-13-19)22-23(18-10-14-20(31-2)15-11-18)32-21(26-22)7-5-3-4-6-16-27(29)24(25)28/h8-15,29H,3-7,16H2,1-2H3,(H2,25,28). The first-order valence-electron chi connectivity index (χ1n) is 10.6. The van der Waals surface area contributed by atoms with Crippen LogP contribution in [-0.2, 0) is 6.42 Å². The van der Waals surface area contributed by atoms with Crippen molar-refractivity contribution in [3.63, 3.8) is 0 Å². The second-order valence-electron chi connectivity index (χ2n) is 7.37. The zero-order chi connectivity index (χ0) is 22.9. The second-order valence-corrected chi connectivity index (χ2v) is 7.37. The number of carbonyl (C=O) groups is 1. The Morgan fingerprint density at radius 3 is 2.06 bits per heavy atom. The smallest absolute Gasteiger partial charge is 0.338 e. The zero-order valence-electron chi connectivity index (χ0n) is 18.4. The Hall–Kier alpha value is -3.52. The maximum absolute atomic E-state index is 10.8. The maximum atomic E-state index is 10.8. The van der Waals surface area contributed by atoms with Crippen LogP contribution < -0.4 is 15.2 Å². The lowest BCUT2D eigenvalue weighted by molar-refractivity contribution is -0.0403. The molecule has 0 atom stereocenters. The van der Waals surface area contributed by atoms with Crippen molar-refractivity contribution in [3.8, 4) is 34.1 Å². The third-order valence-corrected chi connectivity index (χ3v) is 5.15. The zero-order valence-corrected chi connectivity index (χ0v) is 18.4. The molecule has 2 aromatic carbocycles. The van der Waals surface area contributed by atoms with Gasteiger partial charge < -0.3 is 19.6 Å². The molecule has 0 saturated carbocycles. The maximum Gasteiger partial charge on any atom is 0.338 e. The van der Waals surface area contributed by atoms with E-state index in [1.54, 1.807) is 14.2 Å². The fraction of sp³-hybridized carbons (Fsp3) is 0.333. The van der Waals surface area contributed by atoms with Crippen molar-refractivity contribution in [3.05, 3.63) is 54.4 Å². The Balaban J connectivity index is 1.71. The molecule has 3 rings (SSSR count). The number of unbranched alkanes of at least 4 members (excludes halogenated alkanes) is 3. The van der Waals surface area contributed by atoms with E-state index in [9.17, 15) is 10.0 Å². The molecule has 1 aromatic heterocycles. The average Bonchev–Trinajstić information content (AvgIpc) is 3.25. The van der Waals surface area contributed by atoms with Gasteiger partial charge in [-0.15, -0.1) is 0 Å². The molecule has 32 heavy (non-hydrogen) atoms. The minimum atomic E-state index is -0.832. The number of methoxy groups -OCH3 is 2. The number of urea groups is 1. The van der Waals surface area contributed by atoms with Crippen LogP contribution in [0.3, 0.4) is 0 Å². The molecule has 8 nitrogen and oxygen atoms in total. The van der Waals surface area contributed by atoms with Crippen LogP contribution in [0.4, 0.5) is 4.79 Å². The molecule has 0 fully saturated rings. The summed E-state index contributed by atoms with van der Waals surface area (Å²) in [7, 11) is 3.27. The summed E-state index contributed by atoms with van der Waals surface area (Å²) < 4.78 is 16.7. The first-order valence-corrected chi connectivity index (χ1v) is 10.6. The number of aromatic nitrogens is 1. The number of primary amides is 1. The quantitative estimate of drug-likeness (QED) is 0.250. The van der Waals surface area contributed by atoms with E-state index in [1.165, 1.54) is 0 Å². The minimum Gasteiger partial charge on any atom is -0.497 e. The number of hydrogen-bond donors (Lipinski definition) is 2. The number of rotatable bonds is 11. The third-order valence-electron chi connectivity index (χ3n) is 5.15. The van der Waals surface area contributed by atoms with Crippen molar-refractivity contribution in [1.29, 1.82) is 0 Å². The summed E-state index contributed by atoms with van der Waals surface area (Å²) in [6.07, 6.45) is 4.04. The summed E-state index contributed by atoms with van der Waals surface area (Å²) in [5.74, 6) is 2.94. The van der Waals surface area contributed by atoms with Gasteiger partial charge in [0.25, 0.3) is 0 Å². The third kappa shape index (κ3) is 6.01. The van der Waals surface area contributed by atoms with Crippen LogP contribution in [-0.4, -0.2) is 42.0 Å². The van der Waals surface area contributed by atoms with E-state index in [2.05, 4.69) is 0 Å². The Morgan fingerprint density at radius 2 is 1.50 bits per heavy atom. The van der Waals surface area contributed by atoms with Gasteiger partial charge in [-0.3, -0.25) is 5.21 Å². The van der Waals surface area contributed by atoms with Crippen LogP contribution in [0.25, 0.3) is 22.6 Å². The lowest BCUT2D eigenvalue weighted by atomic mass is 10.1. The van der Waals surface area contributed by atoms with Crippen molar-refractivity contribution in [2.24, 2.45) is 5.73 Å². The Kier molecular flexibility index (Phi) is 8.10. The molecule has 0 aliphatic carbocycles. The van der Waals surface area contributed by atoms with Gasteiger partial charge in [0.2, 0.25) is 0 Å². The predicted molar refractivity (Wildman–Crippen MR) is 121 cm³/mol. The topological polar surface area (TPSA) is 111 Å². The van der Waals surface area contributed by atoms with Gasteiger partial charge in [0.1, 0.15) is 17.2 Å². The average molecular weight is 440 g/mol. The highest BCUT2D eigenvalue weighted by atomic mass is 16.5. The van der Waals surface area contributed by atoms with Gasteiger partial charge in [0.05, 0.1) is 20.8 Å². The van der Waals surface area contributed by atoms with Gasteiger partial charge in [-0.1, -0.05) is 12.8 Å². The first-order chi connectivity index (χ1) is 15.5. The second kappa shape index (κ2) is 11.2. The molecule has 0 aliphatic heterocycles. The Morgan fingerprint density at radius 1 is 0.938 bits per heavy atom. The van der Waals surface area contributed by atoms with Gasteiger partial charge in [-0.05, 0) is 61.4 Å². The molecule has 8 heteroatoms. The molecule has 170 valence electrons. The number of aryl methyl sites for hydroxylation is 1. The molecular formula is C24H29N3O5. The number of amides is 2. The molecule has 0 bridgehead atoms. The molecule has 3 aromatic rings. The summed E-state index contributed by atoms with van der Waals surface area (Å²) in [6, 6.07) is 14.6. The highest BCUT2D eigenvalue weighted by molar-refractivity contribution is 5.77. The van der Waals surface area contributed by atoms with Crippen LogP contribution in [0.15, 0.2) is 52.9 Å². The number of nitrogens with zero attached hydrogens (tertiary/aromatic N) is 2. The summed E-state index contributed by atoms with van der Waals surface area (Å²) in [6.45, 7) is 0.234. The van der Waals surface area contributed by atoms with Crippen LogP contribution >= 0.6 is 0 Å². The molecule has 0 spiro atoms. The number of hydrogen-bond acceptors (Lipinski definition) is 6. The normalized spacial score (nSPS) is 10.7. The number of hydroxylamine groups is 2. The van der Waals surface area contributed by atoms with Crippen molar-refractivity contribution in [1.82, 2.24) is 10.0 Å². The van der Waals surface area contributed by atoms with E-state index < -0.39 is 6.03 Å². The minimum absolute atomic E-state index is 0.234. The molecule has 0 aliphatic rings. The molecule has 0 radical (unpaired) electrons. The van der Waals surface area contributed by atoms with E-state index in [1.807, 2.05) is 48.5 Å².